The lowest BCUT2D eigenvalue weighted by Crippen LogP contribution is -2.14. The smallest absolute Gasteiger partial charge is 0.338 e. The van der Waals surface area contributed by atoms with Gasteiger partial charge in [0.1, 0.15) is 4.83 Å². The van der Waals surface area contributed by atoms with E-state index in [1.165, 1.54) is 28.4 Å². The zero-order chi connectivity index (χ0) is 21.4. The van der Waals surface area contributed by atoms with E-state index < -0.39 is 5.97 Å². The van der Waals surface area contributed by atoms with Crippen molar-refractivity contribution in [2.24, 2.45) is 0 Å². The molecule has 152 valence electrons. The Balaban J connectivity index is 1.44. The number of H-pyrrole nitrogens is 1. The highest BCUT2D eigenvalue weighted by Crippen LogP contribution is 2.25. The van der Waals surface area contributed by atoms with E-state index in [9.17, 15) is 9.59 Å². The minimum absolute atomic E-state index is 0.0218. The summed E-state index contributed by atoms with van der Waals surface area (Å²) in [4.78, 5) is 31.6. The number of carboxylic acids is 1. The van der Waals surface area contributed by atoms with Crippen LogP contribution >= 0.6 is 11.3 Å². The number of thiophene rings is 1. The van der Waals surface area contributed by atoms with Crippen LogP contribution in [-0.2, 0) is 6.42 Å². The third kappa shape index (κ3) is 3.64. The predicted molar refractivity (Wildman–Crippen MR) is 119 cm³/mol. The Labute approximate surface area is 180 Å². The SMILES string of the molecule is O=C(O)c1cnn(-c2nc3scc(Cc4ccc(-c5ccccc5)cc4)c3c(=O)[nH]2)c1. The maximum Gasteiger partial charge on any atom is 0.338 e. The Kier molecular flexibility index (Phi) is 4.68. The standard InChI is InChI=1S/C23H16N4O3S/c28-20-19-17(10-14-6-8-16(9-7-14)15-4-2-1-3-5-15)13-31-21(19)26-23(25-20)27-12-18(11-24-27)22(29)30/h1-9,11-13H,10H2,(H,29,30)(H,25,26,28). The Hall–Kier alpha value is -4.04. The fourth-order valence-electron chi connectivity index (χ4n) is 3.45. The van der Waals surface area contributed by atoms with Crippen LogP contribution in [0.15, 0.2) is 77.2 Å². The van der Waals surface area contributed by atoms with Gasteiger partial charge < -0.3 is 5.11 Å². The highest BCUT2D eigenvalue weighted by atomic mass is 32.1. The second-order valence-electron chi connectivity index (χ2n) is 7.05. The number of carbonyl (C=O) groups is 1. The first-order chi connectivity index (χ1) is 15.1. The van der Waals surface area contributed by atoms with E-state index in [1.54, 1.807) is 0 Å². The van der Waals surface area contributed by atoms with Crippen molar-refractivity contribution < 1.29 is 9.90 Å². The number of rotatable bonds is 5. The largest absolute Gasteiger partial charge is 0.478 e. The van der Waals surface area contributed by atoms with Crippen LogP contribution < -0.4 is 5.56 Å². The summed E-state index contributed by atoms with van der Waals surface area (Å²) >= 11 is 1.38. The molecular formula is C23H16N4O3S. The second kappa shape index (κ2) is 7.66. The summed E-state index contributed by atoms with van der Waals surface area (Å²) in [5.74, 6) is -0.906. The first kappa shape index (κ1) is 19.0. The Morgan fingerprint density at radius 2 is 1.81 bits per heavy atom. The predicted octanol–water partition coefficient (Wildman–Crippen LogP) is 4.13. The topological polar surface area (TPSA) is 101 Å². The minimum Gasteiger partial charge on any atom is -0.478 e. The average molecular weight is 428 g/mol. The number of aromatic carboxylic acids is 1. The summed E-state index contributed by atoms with van der Waals surface area (Å²) in [6.45, 7) is 0. The van der Waals surface area contributed by atoms with E-state index in [2.05, 4.69) is 51.5 Å². The number of benzene rings is 2. The van der Waals surface area contributed by atoms with E-state index in [4.69, 9.17) is 5.11 Å². The van der Waals surface area contributed by atoms with E-state index >= 15 is 0 Å². The van der Waals surface area contributed by atoms with Gasteiger partial charge in [0.15, 0.2) is 0 Å². The van der Waals surface area contributed by atoms with E-state index in [-0.39, 0.29) is 17.1 Å². The zero-order valence-corrected chi connectivity index (χ0v) is 17.0. The van der Waals surface area contributed by atoms with Crippen molar-refractivity contribution in [2.45, 2.75) is 6.42 Å². The van der Waals surface area contributed by atoms with E-state index in [0.717, 1.165) is 22.3 Å². The minimum atomic E-state index is -1.09. The number of nitrogens with one attached hydrogen (secondary N) is 1. The number of aromatic amines is 1. The molecule has 2 N–H and O–H groups in total. The molecule has 3 heterocycles. The van der Waals surface area contributed by atoms with Gasteiger partial charge in [-0.1, -0.05) is 54.6 Å². The monoisotopic (exact) mass is 428 g/mol. The lowest BCUT2D eigenvalue weighted by molar-refractivity contribution is 0.0697. The fourth-order valence-corrected chi connectivity index (χ4v) is 4.38. The van der Waals surface area contributed by atoms with Crippen LogP contribution in [-0.4, -0.2) is 30.8 Å². The molecule has 0 atom stereocenters. The highest BCUT2D eigenvalue weighted by Gasteiger charge is 2.14. The molecule has 0 radical (unpaired) electrons. The third-order valence-corrected chi connectivity index (χ3v) is 5.93. The molecule has 5 rings (SSSR count). The molecule has 7 nitrogen and oxygen atoms in total. The molecule has 0 fully saturated rings. The normalized spacial score (nSPS) is 11.1. The molecule has 0 saturated heterocycles. The lowest BCUT2D eigenvalue weighted by atomic mass is 10.0. The molecule has 2 aromatic carbocycles. The number of nitrogens with zero attached hydrogens (tertiary/aromatic N) is 3. The van der Waals surface area contributed by atoms with Crippen LogP contribution in [0.3, 0.4) is 0 Å². The molecular weight excluding hydrogens is 412 g/mol. The average Bonchev–Trinajstić information content (AvgIpc) is 3.43. The maximum absolute atomic E-state index is 12.8. The van der Waals surface area contributed by atoms with Gasteiger partial charge in [-0.2, -0.15) is 5.10 Å². The zero-order valence-electron chi connectivity index (χ0n) is 16.1. The van der Waals surface area contributed by atoms with Crippen molar-refractivity contribution in [3.8, 4) is 17.1 Å². The van der Waals surface area contributed by atoms with Gasteiger partial charge in [0, 0.05) is 6.20 Å². The van der Waals surface area contributed by atoms with E-state index in [1.807, 2.05) is 23.6 Å². The van der Waals surface area contributed by atoms with Crippen molar-refractivity contribution in [3.63, 3.8) is 0 Å². The van der Waals surface area contributed by atoms with Crippen molar-refractivity contribution >= 4 is 27.5 Å². The van der Waals surface area contributed by atoms with Crippen molar-refractivity contribution in [2.75, 3.05) is 0 Å². The molecule has 8 heteroatoms. The molecule has 3 aromatic heterocycles. The maximum atomic E-state index is 12.8. The van der Waals surface area contributed by atoms with Crippen molar-refractivity contribution in [1.82, 2.24) is 19.7 Å². The molecule has 0 aliphatic carbocycles. The van der Waals surface area contributed by atoms with Gasteiger partial charge in [0.2, 0.25) is 5.95 Å². The summed E-state index contributed by atoms with van der Waals surface area (Å²) in [5.41, 5.74) is 4.05. The molecule has 31 heavy (non-hydrogen) atoms. The quantitative estimate of drug-likeness (QED) is 0.438. The summed E-state index contributed by atoms with van der Waals surface area (Å²) in [7, 11) is 0. The number of hydrogen-bond donors (Lipinski definition) is 2. The van der Waals surface area contributed by atoms with Gasteiger partial charge >= 0.3 is 5.97 Å². The van der Waals surface area contributed by atoms with Crippen LogP contribution in [0, 0.1) is 0 Å². The first-order valence-corrected chi connectivity index (χ1v) is 10.4. The molecule has 5 aromatic rings. The molecule has 0 aliphatic rings. The van der Waals surface area contributed by atoms with Crippen molar-refractivity contribution in [3.05, 3.63) is 99.4 Å². The Morgan fingerprint density at radius 1 is 1.06 bits per heavy atom. The molecule has 0 bridgehead atoms. The van der Waals surface area contributed by atoms with Crippen LogP contribution in [0.4, 0.5) is 0 Å². The summed E-state index contributed by atoms with van der Waals surface area (Å²) in [5, 5.41) is 15.5. The van der Waals surface area contributed by atoms with Gasteiger partial charge in [-0.05, 0) is 34.1 Å². The van der Waals surface area contributed by atoms with Crippen LogP contribution in [0.1, 0.15) is 21.5 Å². The number of fused-ring (bicyclic) bond motifs is 1. The lowest BCUT2D eigenvalue weighted by Gasteiger charge is -2.05. The second-order valence-corrected chi connectivity index (χ2v) is 7.91. The van der Waals surface area contributed by atoms with Gasteiger partial charge in [-0.25, -0.2) is 14.5 Å². The molecule has 0 spiro atoms. The fraction of sp³-hybridized carbons (Fsp3) is 0.0435. The van der Waals surface area contributed by atoms with Crippen LogP contribution in [0.25, 0.3) is 27.3 Å². The molecule has 0 unspecified atom stereocenters. The Morgan fingerprint density at radius 3 is 2.52 bits per heavy atom. The molecule has 0 aliphatic heterocycles. The molecule has 0 saturated carbocycles. The summed E-state index contributed by atoms with van der Waals surface area (Å²) in [6, 6.07) is 18.5. The number of hydrogen-bond acceptors (Lipinski definition) is 5. The van der Waals surface area contributed by atoms with Gasteiger partial charge in [0.05, 0.1) is 17.1 Å². The van der Waals surface area contributed by atoms with Gasteiger partial charge in [-0.3, -0.25) is 9.78 Å². The molecule has 0 amide bonds. The first-order valence-electron chi connectivity index (χ1n) is 9.51. The number of aromatic nitrogens is 4. The Bertz CT molecular complexity index is 1450. The number of carboxylic acid groups (broad SMARTS) is 1. The van der Waals surface area contributed by atoms with E-state index in [0.29, 0.717) is 16.6 Å². The summed E-state index contributed by atoms with van der Waals surface area (Å²) in [6.07, 6.45) is 3.14. The van der Waals surface area contributed by atoms with Gasteiger partial charge in [-0.15, -0.1) is 11.3 Å². The highest BCUT2D eigenvalue weighted by molar-refractivity contribution is 7.16. The van der Waals surface area contributed by atoms with Gasteiger partial charge in [0.25, 0.3) is 5.56 Å². The summed E-state index contributed by atoms with van der Waals surface area (Å²) < 4.78 is 1.26. The van der Waals surface area contributed by atoms with Crippen LogP contribution in [0.2, 0.25) is 0 Å². The van der Waals surface area contributed by atoms with Crippen LogP contribution in [0.5, 0.6) is 0 Å². The van der Waals surface area contributed by atoms with Crippen molar-refractivity contribution in [1.29, 1.82) is 0 Å². The third-order valence-electron chi connectivity index (χ3n) is 5.01.